The zero-order valence-corrected chi connectivity index (χ0v) is 16.3. The fourth-order valence-corrected chi connectivity index (χ4v) is 4.45. The molecule has 9 heteroatoms. The molecule has 1 amide bonds. The van der Waals surface area contributed by atoms with Gasteiger partial charge in [0.1, 0.15) is 0 Å². The first-order chi connectivity index (χ1) is 14.0. The molecule has 0 spiro atoms. The maximum Gasteiger partial charge on any atom is 0.229 e. The molecule has 1 aromatic carbocycles. The highest BCUT2D eigenvalue weighted by Gasteiger charge is 2.30. The third-order valence-electron chi connectivity index (χ3n) is 4.59. The van der Waals surface area contributed by atoms with Gasteiger partial charge in [-0.1, -0.05) is 18.2 Å². The third kappa shape index (κ3) is 4.57. The molecule has 148 valence electrons. The van der Waals surface area contributed by atoms with E-state index in [9.17, 15) is 13.2 Å². The molecule has 1 aliphatic heterocycles. The van der Waals surface area contributed by atoms with Crippen molar-refractivity contribution in [2.45, 2.75) is 19.0 Å². The Kier molecular flexibility index (Phi) is 5.22. The van der Waals surface area contributed by atoms with Gasteiger partial charge in [-0.15, -0.1) is 0 Å². The number of rotatable bonds is 6. The van der Waals surface area contributed by atoms with Crippen molar-refractivity contribution in [3.05, 3.63) is 83.8 Å². The molecular formula is C20H19N5O3S. The summed E-state index contributed by atoms with van der Waals surface area (Å²) in [6.07, 6.45) is 6.43. The molecule has 1 atom stereocenters. The zero-order valence-electron chi connectivity index (χ0n) is 15.5. The predicted molar refractivity (Wildman–Crippen MR) is 107 cm³/mol. The van der Waals surface area contributed by atoms with Gasteiger partial charge in [-0.05, 0) is 35.9 Å². The normalized spacial score (nSPS) is 17.3. The summed E-state index contributed by atoms with van der Waals surface area (Å²) in [5.74, 6) is -0.325. The molecule has 3 heterocycles. The number of hydrogen-bond acceptors (Lipinski definition) is 6. The number of benzene rings is 1. The van der Waals surface area contributed by atoms with Gasteiger partial charge in [0.2, 0.25) is 5.91 Å². The zero-order chi connectivity index (χ0) is 20.3. The van der Waals surface area contributed by atoms with Crippen LogP contribution in [0.3, 0.4) is 0 Å². The van der Waals surface area contributed by atoms with E-state index in [0.29, 0.717) is 12.2 Å². The Bertz CT molecular complexity index is 1130. The first kappa shape index (κ1) is 19.0. The minimum absolute atomic E-state index is 0.0301. The lowest BCUT2D eigenvalue weighted by Gasteiger charge is -2.27. The van der Waals surface area contributed by atoms with Crippen molar-refractivity contribution in [1.29, 1.82) is 0 Å². The minimum Gasteiger partial charge on any atom is -0.331 e. The average molecular weight is 409 g/mol. The number of carbonyl (C=O) groups is 1. The lowest BCUT2D eigenvalue weighted by Crippen LogP contribution is -2.41. The van der Waals surface area contributed by atoms with Crippen LogP contribution in [0.15, 0.2) is 72.5 Å². The second-order valence-corrected chi connectivity index (χ2v) is 8.67. The molecule has 1 unspecified atom stereocenters. The number of hydrogen-bond donors (Lipinski definition) is 0. The van der Waals surface area contributed by atoms with E-state index in [2.05, 4.69) is 15.2 Å². The molecule has 0 radical (unpaired) electrons. The largest absolute Gasteiger partial charge is 0.331 e. The highest BCUT2D eigenvalue weighted by Crippen LogP contribution is 2.19. The summed E-state index contributed by atoms with van der Waals surface area (Å²) in [6, 6.07) is 12.5. The van der Waals surface area contributed by atoms with Crippen LogP contribution in [0.5, 0.6) is 0 Å². The number of carbonyl (C=O) groups excluding carboxylic acids is 1. The summed E-state index contributed by atoms with van der Waals surface area (Å²) in [7, 11) is -3.29. The maximum absolute atomic E-state index is 13.1. The van der Waals surface area contributed by atoms with Crippen LogP contribution in [-0.4, -0.2) is 51.0 Å². The van der Waals surface area contributed by atoms with Crippen LogP contribution in [0.2, 0.25) is 0 Å². The number of pyridine rings is 1. The standard InChI is InChI=1S/C20H19N5O3S/c26-20(12-17-13-22-25(23-17)18-4-2-1-3-5-18)24(14-16-6-9-21-10-7-16)19-8-11-29(27,28)15-19/h1-11,13,19H,12,14-15H2. The molecule has 0 saturated heterocycles. The number of amides is 1. The Morgan fingerprint density at radius 1 is 1.14 bits per heavy atom. The molecule has 2 aromatic heterocycles. The topological polar surface area (TPSA) is 98.1 Å². The van der Waals surface area contributed by atoms with Crippen LogP contribution >= 0.6 is 0 Å². The first-order valence-corrected chi connectivity index (χ1v) is 10.8. The Morgan fingerprint density at radius 3 is 2.59 bits per heavy atom. The summed E-state index contributed by atoms with van der Waals surface area (Å²) < 4.78 is 23.8. The van der Waals surface area contributed by atoms with Gasteiger partial charge in [-0.3, -0.25) is 9.78 Å². The summed E-state index contributed by atoms with van der Waals surface area (Å²) in [4.78, 5) is 20.1. The summed E-state index contributed by atoms with van der Waals surface area (Å²) in [5, 5.41) is 9.77. The van der Waals surface area contributed by atoms with Crippen molar-refractivity contribution in [1.82, 2.24) is 24.9 Å². The number of nitrogens with zero attached hydrogens (tertiary/aromatic N) is 5. The van der Waals surface area contributed by atoms with Gasteiger partial charge in [-0.2, -0.15) is 15.0 Å². The van der Waals surface area contributed by atoms with Crippen LogP contribution < -0.4 is 0 Å². The van der Waals surface area contributed by atoms with E-state index in [0.717, 1.165) is 11.3 Å². The van der Waals surface area contributed by atoms with Gasteiger partial charge in [0, 0.05) is 24.3 Å². The van der Waals surface area contributed by atoms with Gasteiger partial charge < -0.3 is 4.90 Å². The summed E-state index contributed by atoms with van der Waals surface area (Å²) >= 11 is 0. The maximum atomic E-state index is 13.1. The van der Waals surface area contributed by atoms with Crippen LogP contribution in [-0.2, 0) is 27.6 Å². The Hall–Kier alpha value is -3.33. The number of sulfone groups is 1. The summed E-state index contributed by atoms with van der Waals surface area (Å²) in [5.41, 5.74) is 2.19. The second kappa shape index (κ2) is 7.96. The van der Waals surface area contributed by atoms with Gasteiger partial charge in [-0.25, -0.2) is 8.42 Å². The van der Waals surface area contributed by atoms with E-state index in [1.807, 2.05) is 30.3 Å². The predicted octanol–water partition coefficient (Wildman–Crippen LogP) is 1.54. The SMILES string of the molecule is O=C(Cc1cnn(-c2ccccc2)n1)N(Cc1ccncc1)C1C=CS(=O)(=O)C1. The van der Waals surface area contributed by atoms with Crippen molar-refractivity contribution in [3.63, 3.8) is 0 Å². The van der Waals surface area contributed by atoms with E-state index >= 15 is 0 Å². The molecule has 0 N–H and O–H groups in total. The van der Waals surface area contributed by atoms with Crippen LogP contribution in [0.1, 0.15) is 11.3 Å². The molecule has 0 bridgehead atoms. The van der Waals surface area contributed by atoms with E-state index in [1.54, 1.807) is 41.7 Å². The van der Waals surface area contributed by atoms with Gasteiger partial charge in [0.05, 0.1) is 35.8 Å². The fraction of sp³-hybridized carbons (Fsp3) is 0.200. The van der Waals surface area contributed by atoms with Crippen molar-refractivity contribution in [2.75, 3.05) is 5.75 Å². The lowest BCUT2D eigenvalue weighted by atomic mass is 10.1. The third-order valence-corrected chi connectivity index (χ3v) is 5.97. The molecule has 8 nitrogen and oxygen atoms in total. The highest BCUT2D eigenvalue weighted by molar-refractivity contribution is 7.94. The van der Waals surface area contributed by atoms with Crippen LogP contribution in [0.25, 0.3) is 5.69 Å². The molecule has 3 aromatic rings. The lowest BCUT2D eigenvalue weighted by molar-refractivity contribution is -0.132. The molecule has 0 fully saturated rings. The molecule has 1 aliphatic rings. The Balaban J connectivity index is 1.54. The smallest absolute Gasteiger partial charge is 0.229 e. The van der Waals surface area contributed by atoms with Crippen molar-refractivity contribution >= 4 is 15.7 Å². The van der Waals surface area contributed by atoms with Gasteiger partial charge in [0.15, 0.2) is 9.84 Å². The van der Waals surface area contributed by atoms with Crippen LogP contribution in [0, 0.1) is 0 Å². The van der Waals surface area contributed by atoms with E-state index in [4.69, 9.17) is 0 Å². The molecule has 29 heavy (non-hydrogen) atoms. The molecule has 0 aliphatic carbocycles. The van der Waals surface area contributed by atoms with Crippen LogP contribution in [0.4, 0.5) is 0 Å². The first-order valence-electron chi connectivity index (χ1n) is 9.06. The van der Waals surface area contributed by atoms with E-state index in [1.165, 1.54) is 10.2 Å². The highest BCUT2D eigenvalue weighted by atomic mass is 32.2. The van der Waals surface area contributed by atoms with E-state index in [-0.39, 0.29) is 18.1 Å². The second-order valence-electron chi connectivity index (χ2n) is 6.74. The monoisotopic (exact) mass is 409 g/mol. The van der Waals surface area contributed by atoms with Gasteiger partial charge >= 0.3 is 0 Å². The quantitative estimate of drug-likeness (QED) is 0.613. The van der Waals surface area contributed by atoms with Crippen molar-refractivity contribution < 1.29 is 13.2 Å². The Morgan fingerprint density at radius 2 is 1.90 bits per heavy atom. The molecular weight excluding hydrogens is 390 g/mol. The Labute approximate surface area is 168 Å². The van der Waals surface area contributed by atoms with Gasteiger partial charge in [0.25, 0.3) is 0 Å². The average Bonchev–Trinajstić information content (AvgIpc) is 3.33. The number of aromatic nitrogens is 4. The fourth-order valence-electron chi connectivity index (χ4n) is 3.15. The number of para-hydroxylation sites is 1. The summed E-state index contributed by atoms with van der Waals surface area (Å²) in [6.45, 7) is 0.290. The molecule has 0 saturated carbocycles. The van der Waals surface area contributed by atoms with Crippen molar-refractivity contribution in [2.24, 2.45) is 0 Å². The molecule has 4 rings (SSSR count). The van der Waals surface area contributed by atoms with E-state index < -0.39 is 15.9 Å². The van der Waals surface area contributed by atoms with Crippen molar-refractivity contribution in [3.8, 4) is 5.69 Å². The minimum atomic E-state index is -3.29.